The first-order chi connectivity index (χ1) is 9.13. The summed E-state index contributed by atoms with van der Waals surface area (Å²) in [6, 6.07) is 3.28. The fraction of sp³-hybridized carbons (Fsp3) is 0.500. The lowest BCUT2D eigenvalue weighted by Gasteiger charge is -2.13. The third kappa shape index (κ3) is 4.59. The van der Waals surface area contributed by atoms with Crippen molar-refractivity contribution in [1.29, 1.82) is 0 Å². The summed E-state index contributed by atoms with van der Waals surface area (Å²) in [6.45, 7) is 4.68. The van der Waals surface area contributed by atoms with Crippen molar-refractivity contribution in [1.82, 2.24) is 0 Å². The molecule has 0 radical (unpaired) electrons. The fourth-order valence-corrected chi connectivity index (χ4v) is 2.00. The summed E-state index contributed by atoms with van der Waals surface area (Å²) in [6.07, 6.45) is 1.02. The number of Topliss-reactive ketones (excluding diaryl/α,β-unsaturated/α-hetero) is 1. The molecule has 106 valence electrons. The molecule has 0 fully saturated rings. The zero-order valence-corrected chi connectivity index (χ0v) is 12.7. The number of hydrogen-bond acceptors (Lipinski definition) is 3. The molecule has 0 aliphatic heterocycles. The number of benzene rings is 1. The van der Waals surface area contributed by atoms with Gasteiger partial charge in [0.15, 0.2) is 5.78 Å². The lowest BCUT2D eigenvalue weighted by Crippen LogP contribution is -2.06. The molecule has 0 aromatic heterocycles. The van der Waals surface area contributed by atoms with Crippen LogP contribution in [0.15, 0.2) is 12.1 Å². The van der Waals surface area contributed by atoms with E-state index in [9.17, 15) is 4.79 Å². The molecule has 0 bridgehead atoms. The van der Waals surface area contributed by atoms with Gasteiger partial charge in [-0.1, -0.05) is 11.6 Å². The van der Waals surface area contributed by atoms with Gasteiger partial charge < -0.3 is 9.47 Å². The minimum atomic E-state index is -0.0123. The first-order valence-electron chi connectivity index (χ1n) is 6.32. The lowest BCUT2D eigenvalue weighted by molar-refractivity contribution is 0.0977. The van der Waals surface area contributed by atoms with E-state index < -0.39 is 0 Å². The molecule has 1 rings (SSSR count). The molecule has 0 heterocycles. The number of halogens is 2. The van der Waals surface area contributed by atoms with Crippen LogP contribution in [0.1, 0.15) is 37.0 Å². The van der Waals surface area contributed by atoms with Crippen molar-refractivity contribution in [2.45, 2.75) is 26.7 Å². The summed E-state index contributed by atoms with van der Waals surface area (Å²) in [5.41, 5.74) is 0.500. The summed E-state index contributed by atoms with van der Waals surface area (Å²) in [5, 5.41) is 0.444. The monoisotopic (exact) mass is 304 g/mol. The predicted molar refractivity (Wildman–Crippen MR) is 78.1 cm³/mol. The van der Waals surface area contributed by atoms with Crippen molar-refractivity contribution >= 4 is 29.0 Å². The second kappa shape index (κ2) is 8.28. The molecule has 0 saturated heterocycles. The SMILES string of the molecule is CCOc1cc(C(=O)CCCCl)c(OCC)cc1Cl. The van der Waals surface area contributed by atoms with Crippen LogP contribution >= 0.6 is 23.2 Å². The van der Waals surface area contributed by atoms with Crippen LogP contribution in [0.4, 0.5) is 0 Å². The van der Waals surface area contributed by atoms with Crippen LogP contribution in [0.2, 0.25) is 5.02 Å². The Labute approximate surface area is 123 Å². The first kappa shape index (κ1) is 16.1. The molecule has 3 nitrogen and oxygen atoms in total. The number of carbonyl (C=O) groups is 1. The van der Waals surface area contributed by atoms with Gasteiger partial charge in [-0.25, -0.2) is 0 Å². The van der Waals surface area contributed by atoms with E-state index in [0.29, 0.717) is 54.0 Å². The summed E-state index contributed by atoms with van der Waals surface area (Å²) >= 11 is 11.7. The Kier molecular flexibility index (Phi) is 7.03. The average molecular weight is 305 g/mol. The molecule has 0 saturated carbocycles. The van der Waals surface area contributed by atoms with E-state index in [4.69, 9.17) is 32.7 Å². The number of ether oxygens (including phenoxy) is 2. The summed E-state index contributed by atoms with van der Waals surface area (Å²) in [5.74, 6) is 1.45. The predicted octanol–water partition coefficient (Wildman–Crippen LogP) is 4.34. The quantitative estimate of drug-likeness (QED) is 0.529. The van der Waals surface area contributed by atoms with Gasteiger partial charge in [-0.05, 0) is 26.3 Å². The smallest absolute Gasteiger partial charge is 0.166 e. The summed E-state index contributed by atoms with van der Waals surface area (Å²) in [7, 11) is 0. The van der Waals surface area contributed by atoms with Crippen molar-refractivity contribution < 1.29 is 14.3 Å². The first-order valence-corrected chi connectivity index (χ1v) is 7.23. The maximum Gasteiger partial charge on any atom is 0.166 e. The summed E-state index contributed by atoms with van der Waals surface area (Å²) < 4.78 is 10.9. The van der Waals surface area contributed by atoms with E-state index >= 15 is 0 Å². The fourth-order valence-electron chi connectivity index (χ4n) is 1.66. The van der Waals surface area contributed by atoms with Crippen LogP contribution in [0.3, 0.4) is 0 Å². The summed E-state index contributed by atoms with van der Waals surface area (Å²) in [4.78, 5) is 12.1. The second-order valence-corrected chi connectivity index (χ2v) is 4.65. The Bertz CT molecular complexity index is 433. The van der Waals surface area contributed by atoms with Crippen LogP contribution in [-0.2, 0) is 0 Å². The number of alkyl halides is 1. The highest BCUT2D eigenvalue weighted by Crippen LogP contribution is 2.33. The van der Waals surface area contributed by atoms with E-state index in [0.717, 1.165) is 0 Å². The molecule has 0 aliphatic carbocycles. The molecule has 0 atom stereocenters. The van der Waals surface area contributed by atoms with Crippen molar-refractivity contribution in [2.75, 3.05) is 19.1 Å². The Balaban J connectivity index is 3.09. The van der Waals surface area contributed by atoms with E-state index in [2.05, 4.69) is 0 Å². The molecule has 0 aliphatic rings. The molecule has 1 aromatic carbocycles. The van der Waals surface area contributed by atoms with Crippen LogP contribution < -0.4 is 9.47 Å². The average Bonchev–Trinajstić information content (AvgIpc) is 2.39. The lowest BCUT2D eigenvalue weighted by atomic mass is 10.1. The molecule has 5 heteroatoms. The van der Waals surface area contributed by atoms with Crippen LogP contribution in [0.5, 0.6) is 11.5 Å². The van der Waals surface area contributed by atoms with Gasteiger partial charge >= 0.3 is 0 Å². The van der Waals surface area contributed by atoms with Crippen molar-refractivity contribution in [3.05, 3.63) is 22.7 Å². The van der Waals surface area contributed by atoms with Gasteiger partial charge in [0.1, 0.15) is 11.5 Å². The third-order valence-electron chi connectivity index (χ3n) is 2.47. The van der Waals surface area contributed by atoms with Gasteiger partial charge in [-0.15, -0.1) is 11.6 Å². The molecular formula is C14H18Cl2O3. The van der Waals surface area contributed by atoms with Gasteiger partial charge in [0.05, 0.1) is 23.8 Å². The highest BCUT2D eigenvalue weighted by molar-refractivity contribution is 6.32. The number of carbonyl (C=O) groups excluding carboxylic acids is 1. The zero-order chi connectivity index (χ0) is 14.3. The highest BCUT2D eigenvalue weighted by atomic mass is 35.5. The van der Waals surface area contributed by atoms with Gasteiger partial charge in [0.25, 0.3) is 0 Å². The molecule has 0 spiro atoms. The minimum Gasteiger partial charge on any atom is -0.493 e. The third-order valence-corrected chi connectivity index (χ3v) is 3.03. The Morgan fingerprint density at radius 2 is 1.79 bits per heavy atom. The molecule has 0 N–H and O–H groups in total. The largest absolute Gasteiger partial charge is 0.493 e. The van der Waals surface area contributed by atoms with Crippen LogP contribution in [-0.4, -0.2) is 24.9 Å². The zero-order valence-electron chi connectivity index (χ0n) is 11.2. The Morgan fingerprint density at radius 1 is 1.16 bits per heavy atom. The number of hydrogen-bond donors (Lipinski definition) is 0. The molecule has 1 aromatic rings. The van der Waals surface area contributed by atoms with Gasteiger partial charge in [-0.2, -0.15) is 0 Å². The molecule has 0 unspecified atom stereocenters. The minimum absolute atomic E-state index is 0.0123. The standard InChI is InChI=1S/C14H18Cl2O3/c1-3-18-13-9-11(16)14(19-4-2)8-10(13)12(17)6-5-7-15/h8-9H,3-7H2,1-2H3. The maximum absolute atomic E-state index is 12.1. The Morgan fingerprint density at radius 3 is 2.37 bits per heavy atom. The van der Waals surface area contributed by atoms with Crippen molar-refractivity contribution in [3.8, 4) is 11.5 Å². The van der Waals surface area contributed by atoms with Crippen molar-refractivity contribution in [3.63, 3.8) is 0 Å². The van der Waals surface area contributed by atoms with E-state index in [1.807, 2.05) is 13.8 Å². The Hall–Kier alpha value is -0.930. The van der Waals surface area contributed by atoms with Gasteiger partial charge in [0, 0.05) is 18.4 Å². The van der Waals surface area contributed by atoms with E-state index in [-0.39, 0.29) is 5.78 Å². The second-order valence-electron chi connectivity index (χ2n) is 3.86. The number of ketones is 1. The highest BCUT2D eigenvalue weighted by Gasteiger charge is 2.16. The van der Waals surface area contributed by atoms with Gasteiger partial charge in [0.2, 0.25) is 0 Å². The topological polar surface area (TPSA) is 35.5 Å². The maximum atomic E-state index is 12.1. The molecule has 19 heavy (non-hydrogen) atoms. The van der Waals surface area contributed by atoms with E-state index in [1.54, 1.807) is 12.1 Å². The molecular weight excluding hydrogens is 287 g/mol. The van der Waals surface area contributed by atoms with Crippen LogP contribution in [0.25, 0.3) is 0 Å². The van der Waals surface area contributed by atoms with E-state index in [1.165, 1.54) is 0 Å². The van der Waals surface area contributed by atoms with Gasteiger partial charge in [-0.3, -0.25) is 4.79 Å². The normalized spacial score (nSPS) is 10.3. The van der Waals surface area contributed by atoms with Crippen molar-refractivity contribution in [2.24, 2.45) is 0 Å². The van der Waals surface area contributed by atoms with Crippen LogP contribution in [0, 0.1) is 0 Å². The molecule has 0 amide bonds. The number of rotatable bonds is 8.